The van der Waals surface area contributed by atoms with E-state index in [0.717, 1.165) is 0 Å². The van der Waals surface area contributed by atoms with Crippen LogP contribution in [0.4, 0.5) is 10.9 Å². The van der Waals surface area contributed by atoms with Crippen LogP contribution in [-0.2, 0) is 16.0 Å². The lowest BCUT2D eigenvalue weighted by atomic mass is 10.3. The van der Waals surface area contributed by atoms with E-state index in [9.17, 15) is 9.59 Å². The first-order valence-corrected chi connectivity index (χ1v) is 6.69. The third-order valence-corrected chi connectivity index (χ3v) is 3.06. The molecule has 0 atom stereocenters. The minimum absolute atomic E-state index is 0.105. The zero-order chi connectivity index (χ0) is 14.4. The first kappa shape index (κ1) is 13.9. The van der Waals surface area contributed by atoms with Gasteiger partial charge in [-0.15, -0.1) is 11.3 Å². The molecule has 2 amide bonds. The molecule has 0 spiro atoms. The van der Waals surface area contributed by atoms with E-state index in [1.165, 1.54) is 11.3 Å². The van der Waals surface area contributed by atoms with Crippen LogP contribution < -0.4 is 16.4 Å². The van der Waals surface area contributed by atoms with E-state index >= 15 is 0 Å². The van der Waals surface area contributed by atoms with Gasteiger partial charge in [0.2, 0.25) is 11.8 Å². The lowest BCUT2D eigenvalue weighted by molar-refractivity contribution is -0.124. The van der Waals surface area contributed by atoms with E-state index in [1.54, 1.807) is 11.6 Å². The molecule has 104 valence electrons. The molecule has 2 aromatic heterocycles. The number of amides is 2. The summed E-state index contributed by atoms with van der Waals surface area (Å²) in [7, 11) is 0. The van der Waals surface area contributed by atoms with Gasteiger partial charge in [0.25, 0.3) is 0 Å². The average molecular weight is 291 g/mol. The van der Waals surface area contributed by atoms with Gasteiger partial charge >= 0.3 is 0 Å². The minimum atomic E-state index is -0.575. The summed E-state index contributed by atoms with van der Waals surface area (Å²) in [5, 5.41) is 7.87. The Morgan fingerprint density at radius 3 is 2.90 bits per heavy atom. The molecule has 0 bridgehead atoms. The second-order valence-corrected chi connectivity index (χ2v) is 4.76. The highest BCUT2D eigenvalue weighted by Crippen LogP contribution is 2.19. The third kappa shape index (κ3) is 4.32. The lowest BCUT2D eigenvalue weighted by Gasteiger charge is -2.01. The number of nitrogens with one attached hydrogen (secondary N) is 2. The molecule has 0 aromatic carbocycles. The molecule has 0 fully saturated rings. The summed E-state index contributed by atoms with van der Waals surface area (Å²) >= 11 is 1.38. The van der Waals surface area contributed by atoms with E-state index in [4.69, 9.17) is 5.73 Å². The molecule has 4 N–H and O–H groups in total. The molecule has 8 heteroatoms. The van der Waals surface area contributed by atoms with Gasteiger partial charge in [0.15, 0.2) is 5.13 Å². The van der Waals surface area contributed by atoms with Crippen LogP contribution in [0.15, 0.2) is 29.8 Å². The third-order valence-electron chi connectivity index (χ3n) is 2.25. The predicted octanol–water partition coefficient (Wildman–Crippen LogP) is 0.426. The van der Waals surface area contributed by atoms with Crippen LogP contribution in [0.1, 0.15) is 5.69 Å². The fourth-order valence-electron chi connectivity index (χ4n) is 1.40. The lowest BCUT2D eigenvalue weighted by Crippen LogP contribution is -2.34. The fraction of sp³-hybridized carbons (Fsp3) is 0.167. The quantitative estimate of drug-likeness (QED) is 0.714. The van der Waals surface area contributed by atoms with Crippen molar-refractivity contribution in [2.75, 3.05) is 11.9 Å². The fourth-order valence-corrected chi connectivity index (χ4v) is 2.12. The van der Waals surface area contributed by atoms with E-state index in [-0.39, 0.29) is 18.9 Å². The van der Waals surface area contributed by atoms with Crippen molar-refractivity contribution in [3.8, 4) is 0 Å². The normalized spacial score (nSPS) is 10.0. The summed E-state index contributed by atoms with van der Waals surface area (Å²) in [6, 6.07) is 5.50. The standard InChI is InChI=1S/C12H13N5O2S/c13-9(18)6-15-11(19)5-8-7-20-12(16-8)17-10-3-1-2-4-14-10/h1-4,7H,5-6H2,(H2,13,18)(H,15,19)(H,14,16,17). The van der Waals surface area contributed by atoms with Crippen molar-refractivity contribution < 1.29 is 9.59 Å². The molecule has 7 nitrogen and oxygen atoms in total. The highest BCUT2D eigenvalue weighted by Gasteiger charge is 2.08. The van der Waals surface area contributed by atoms with Gasteiger partial charge in [-0.05, 0) is 12.1 Å². The van der Waals surface area contributed by atoms with Gasteiger partial charge < -0.3 is 16.4 Å². The summed E-state index contributed by atoms with van der Waals surface area (Å²) < 4.78 is 0. The molecule has 0 aliphatic rings. The maximum Gasteiger partial charge on any atom is 0.236 e. The van der Waals surface area contributed by atoms with E-state index in [1.807, 2.05) is 18.2 Å². The predicted molar refractivity (Wildman–Crippen MR) is 75.5 cm³/mol. The maximum absolute atomic E-state index is 11.5. The van der Waals surface area contributed by atoms with Crippen molar-refractivity contribution in [3.05, 3.63) is 35.5 Å². The number of nitrogens with two attached hydrogens (primary N) is 1. The zero-order valence-electron chi connectivity index (χ0n) is 10.5. The Hall–Kier alpha value is -2.48. The molecule has 0 radical (unpaired) electrons. The molecular formula is C12H13N5O2S. The summed E-state index contributed by atoms with van der Waals surface area (Å²) in [5.74, 6) is -0.181. The van der Waals surface area contributed by atoms with E-state index in [2.05, 4.69) is 20.6 Å². The number of pyridine rings is 1. The zero-order valence-corrected chi connectivity index (χ0v) is 11.3. The monoisotopic (exact) mass is 291 g/mol. The molecule has 0 aliphatic carbocycles. The molecular weight excluding hydrogens is 278 g/mol. The summed E-state index contributed by atoms with van der Waals surface area (Å²) in [6.07, 6.45) is 1.78. The SMILES string of the molecule is NC(=O)CNC(=O)Cc1csc(Nc2ccccn2)n1. The molecule has 2 rings (SSSR count). The van der Waals surface area contributed by atoms with Gasteiger partial charge in [-0.25, -0.2) is 9.97 Å². The van der Waals surface area contributed by atoms with Crippen LogP contribution in [0.5, 0.6) is 0 Å². The van der Waals surface area contributed by atoms with Gasteiger partial charge in [0.1, 0.15) is 5.82 Å². The summed E-state index contributed by atoms with van der Waals surface area (Å²) in [5.41, 5.74) is 5.56. The number of anilines is 2. The van der Waals surface area contributed by atoms with Crippen molar-refractivity contribution in [1.29, 1.82) is 0 Å². The number of nitrogens with zero attached hydrogens (tertiary/aromatic N) is 2. The summed E-state index contributed by atoms with van der Waals surface area (Å²) in [4.78, 5) is 30.4. The average Bonchev–Trinajstić information content (AvgIpc) is 2.85. The van der Waals surface area contributed by atoms with Crippen LogP contribution in [-0.4, -0.2) is 28.3 Å². The number of primary amides is 1. The number of aromatic nitrogens is 2. The molecule has 20 heavy (non-hydrogen) atoms. The molecule has 2 heterocycles. The topological polar surface area (TPSA) is 110 Å². The van der Waals surface area contributed by atoms with Crippen molar-refractivity contribution in [3.63, 3.8) is 0 Å². The Labute approximate surface area is 119 Å². The molecule has 0 saturated carbocycles. The van der Waals surface area contributed by atoms with Crippen molar-refractivity contribution in [1.82, 2.24) is 15.3 Å². The van der Waals surface area contributed by atoms with Crippen LogP contribution in [0, 0.1) is 0 Å². The Morgan fingerprint density at radius 2 is 2.20 bits per heavy atom. The number of hydrogen-bond acceptors (Lipinski definition) is 6. The van der Waals surface area contributed by atoms with Crippen LogP contribution in [0.3, 0.4) is 0 Å². The van der Waals surface area contributed by atoms with Crippen LogP contribution >= 0.6 is 11.3 Å². The first-order valence-electron chi connectivity index (χ1n) is 5.81. The smallest absolute Gasteiger partial charge is 0.236 e. The molecule has 0 saturated heterocycles. The van der Waals surface area contributed by atoms with Crippen molar-refractivity contribution >= 4 is 34.1 Å². The second kappa shape index (κ2) is 6.62. The van der Waals surface area contributed by atoms with Crippen molar-refractivity contribution in [2.24, 2.45) is 5.73 Å². The van der Waals surface area contributed by atoms with E-state index in [0.29, 0.717) is 16.6 Å². The Bertz CT molecular complexity index is 599. The molecule has 2 aromatic rings. The molecule has 0 unspecified atom stereocenters. The first-order chi connectivity index (χ1) is 9.63. The molecule has 0 aliphatic heterocycles. The largest absolute Gasteiger partial charge is 0.368 e. The van der Waals surface area contributed by atoms with Gasteiger partial charge in [0.05, 0.1) is 18.7 Å². The Balaban J connectivity index is 1.89. The van der Waals surface area contributed by atoms with Gasteiger partial charge in [0, 0.05) is 11.6 Å². The number of carbonyl (C=O) groups is 2. The van der Waals surface area contributed by atoms with Crippen LogP contribution in [0.25, 0.3) is 0 Å². The second-order valence-electron chi connectivity index (χ2n) is 3.90. The summed E-state index contributed by atoms with van der Waals surface area (Å²) in [6.45, 7) is -0.165. The van der Waals surface area contributed by atoms with Crippen LogP contribution in [0.2, 0.25) is 0 Å². The van der Waals surface area contributed by atoms with Gasteiger partial charge in [-0.1, -0.05) is 6.07 Å². The highest BCUT2D eigenvalue weighted by atomic mass is 32.1. The van der Waals surface area contributed by atoms with Crippen molar-refractivity contribution in [2.45, 2.75) is 6.42 Å². The Kier molecular flexibility index (Phi) is 4.61. The maximum atomic E-state index is 11.5. The van der Waals surface area contributed by atoms with E-state index < -0.39 is 5.91 Å². The van der Waals surface area contributed by atoms with Gasteiger partial charge in [-0.3, -0.25) is 9.59 Å². The Morgan fingerprint density at radius 1 is 1.35 bits per heavy atom. The number of thiazole rings is 1. The van der Waals surface area contributed by atoms with Gasteiger partial charge in [-0.2, -0.15) is 0 Å². The minimum Gasteiger partial charge on any atom is -0.368 e. The number of hydrogen-bond donors (Lipinski definition) is 3. The number of carbonyl (C=O) groups excluding carboxylic acids is 2. The number of rotatable bonds is 6. The highest BCUT2D eigenvalue weighted by molar-refractivity contribution is 7.13.